The van der Waals surface area contributed by atoms with Crippen LogP contribution < -0.4 is 14.2 Å². The van der Waals surface area contributed by atoms with Crippen LogP contribution in [-0.2, 0) is 6.42 Å². The van der Waals surface area contributed by atoms with Gasteiger partial charge in [0.2, 0.25) is 0 Å². The first kappa shape index (κ1) is 17.6. The van der Waals surface area contributed by atoms with Crippen molar-refractivity contribution in [3.05, 3.63) is 65.7 Å². The zero-order valence-corrected chi connectivity index (χ0v) is 14.1. The number of rotatable bonds is 9. The molecule has 0 amide bonds. The third-order valence-corrected chi connectivity index (χ3v) is 3.50. The third-order valence-electron chi connectivity index (χ3n) is 3.50. The Bertz CT molecular complexity index is 707. The number of methoxy groups -OCH3 is 1. The number of allylic oxidation sites excluding steroid dienone is 1. The lowest BCUT2D eigenvalue weighted by atomic mass is 10.1. The summed E-state index contributed by atoms with van der Waals surface area (Å²) in [6.45, 7) is 6.35. The Morgan fingerprint density at radius 1 is 1.00 bits per heavy atom. The molecule has 0 saturated carbocycles. The maximum absolute atomic E-state index is 11.1. The van der Waals surface area contributed by atoms with Gasteiger partial charge >= 0.3 is 0 Å². The Kier molecular flexibility index (Phi) is 6.43. The third kappa shape index (κ3) is 4.62. The van der Waals surface area contributed by atoms with Crippen LogP contribution in [0.25, 0.3) is 0 Å². The molecule has 126 valence electrons. The number of carbonyl (C=O) groups excluding carboxylic acids is 1. The monoisotopic (exact) mass is 326 g/mol. The van der Waals surface area contributed by atoms with E-state index in [9.17, 15) is 4.79 Å². The highest BCUT2D eigenvalue weighted by Crippen LogP contribution is 2.28. The van der Waals surface area contributed by atoms with E-state index in [4.69, 9.17) is 14.2 Å². The molecule has 0 aliphatic carbocycles. The zero-order valence-electron chi connectivity index (χ0n) is 14.1. The van der Waals surface area contributed by atoms with Gasteiger partial charge in [-0.25, -0.2) is 0 Å². The van der Waals surface area contributed by atoms with Crippen molar-refractivity contribution in [2.45, 2.75) is 13.3 Å². The first-order valence-electron chi connectivity index (χ1n) is 7.77. The molecule has 2 aromatic carbocycles. The van der Waals surface area contributed by atoms with Crippen molar-refractivity contribution in [2.24, 2.45) is 0 Å². The van der Waals surface area contributed by atoms with E-state index in [0.717, 1.165) is 23.8 Å². The van der Waals surface area contributed by atoms with Crippen molar-refractivity contribution in [3.63, 3.8) is 0 Å². The molecule has 0 atom stereocenters. The topological polar surface area (TPSA) is 44.8 Å². The van der Waals surface area contributed by atoms with Crippen LogP contribution in [0.1, 0.15) is 21.5 Å². The molecule has 2 rings (SSSR count). The first-order chi connectivity index (χ1) is 11.7. The van der Waals surface area contributed by atoms with E-state index in [1.807, 2.05) is 37.3 Å². The first-order valence-corrected chi connectivity index (χ1v) is 7.77. The zero-order chi connectivity index (χ0) is 17.4. The Morgan fingerprint density at radius 3 is 2.38 bits per heavy atom. The van der Waals surface area contributed by atoms with Gasteiger partial charge in [-0.2, -0.15) is 0 Å². The molecule has 0 bridgehead atoms. The normalized spacial score (nSPS) is 10.1. The lowest BCUT2D eigenvalue weighted by molar-refractivity contribution is 0.111. The Labute approximate surface area is 142 Å². The number of hydrogen-bond donors (Lipinski definition) is 0. The highest BCUT2D eigenvalue weighted by molar-refractivity contribution is 5.79. The molecule has 0 radical (unpaired) electrons. The summed E-state index contributed by atoms with van der Waals surface area (Å²) in [4.78, 5) is 11.1. The maximum atomic E-state index is 11.1. The van der Waals surface area contributed by atoms with E-state index in [1.54, 1.807) is 19.2 Å². The SMILES string of the molecule is C=CCc1ccc(OCCOc2ccc(C)cc2C=O)c(OC)c1. The molecule has 0 heterocycles. The van der Waals surface area contributed by atoms with E-state index < -0.39 is 0 Å². The van der Waals surface area contributed by atoms with Gasteiger partial charge in [-0.3, -0.25) is 4.79 Å². The molecule has 0 fully saturated rings. The van der Waals surface area contributed by atoms with Crippen LogP contribution >= 0.6 is 0 Å². The summed E-state index contributed by atoms with van der Waals surface area (Å²) in [6, 6.07) is 11.3. The number of benzene rings is 2. The van der Waals surface area contributed by atoms with Crippen molar-refractivity contribution in [1.29, 1.82) is 0 Å². The summed E-state index contributed by atoms with van der Waals surface area (Å²) in [5, 5.41) is 0. The predicted octanol–water partition coefficient (Wildman–Crippen LogP) is 4.00. The van der Waals surface area contributed by atoms with Gasteiger partial charge in [0, 0.05) is 0 Å². The smallest absolute Gasteiger partial charge is 0.161 e. The fraction of sp³-hybridized carbons (Fsp3) is 0.250. The van der Waals surface area contributed by atoms with Crippen LogP contribution in [-0.4, -0.2) is 26.6 Å². The molecule has 0 spiro atoms. The Hall–Kier alpha value is -2.75. The van der Waals surface area contributed by atoms with Gasteiger partial charge in [-0.1, -0.05) is 23.8 Å². The highest BCUT2D eigenvalue weighted by atomic mass is 16.5. The molecule has 2 aromatic rings. The highest BCUT2D eigenvalue weighted by Gasteiger charge is 2.07. The fourth-order valence-corrected chi connectivity index (χ4v) is 2.32. The number of ether oxygens (including phenoxy) is 3. The van der Waals surface area contributed by atoms with Crippen molar-refractivity contribution in [3.8, 4) is 17.2 Å². The van der Waals surface area contributed by atoms with E-state index >= 15 is 0 Å². The molecule has 0 saturated heterocycles. The second-order valence-corrected chi connectivity index (χ2v) is 5.33. The molecule has 4 heteroatoms. The standard InChI is InChI=1S/C20H22O4/c1-4-5-16-7-9-19(20(13-16)22-3)24-11-10-23-18-8-6-15(2)12-17(18)14-21/h4,6-9,12-14H,1,5,10-11H2,2-3H3. The maximum Gasteiger partial charge on any atom is 0.161 e. The van der Waals surface area contributed by atoms with Gasteiger partial charge < -0.3 is 14.2 Å². The summed E-state index contributed by atoms with van der Waals surface area (Å²) in [5.74, 6) is 1.90. The van der Waals surface area contributed by atoms with E-state index in [1.165, 1.54) is 0 Å². The van der Waals surface area contributed by atoms with Gasteiger partial charge in [0.05, 0.1) is 12.7 Å². The molecule has 24 heavy (non-hydrogen) atoms. The van der Waals surface area contributed by atoms with Crippen LogP contribution in [0.5, 0.6) is 17.2 Å². The average molecular weight is 326 g/mol. The molecule has 0 aromatic heterocycles. The molecule has 4 nitrogen and oxygen atoms in total. The number of hydrogen-bond acceptors (Lipinski definition) is 4. The molecule has 0 aliphatic rings. The van der Waals surface area contributed by atoms with Crippen molar-refractivity contribution >= 4 is 6.29 Å². The van der Waals surface area contributed by atoms with E-state index in [-0.39, 0.29) is 0 Å². The van der Waals surface area contributed by atoms with Gasteiger partial charge in [0.15, 0.2) is 17.8 Å². The number of aldehydes is 1. The van der Waals surface area contributed by atoms with Crippen molar-refractivity contribution < 1.29 is 19.0 Å². The second kappa shape index (κ2) is 8.77. The number of carbonyl (C=O) groups is 1. The van der Waals surface area contributed by atoms with Crippen molar-refractivity contribution in [2.75, 3.05) is 20.3 Å². The Balaban J connectivity index is 1.92. The van der Waals surface area contributed by atoms with Crippen molar-refractivity contribution in [1.82, 2.24) is 0 Å². The van der Waals surface area contributed by atoms with E-state index in [2.05, 4.69) is 6.58 Å². The van der Waals surface area contributed by atoms with Gasteiger partial charge in [0.1, 0.15) is 19.0 Å². The largest absolute Gasteiger partial charge is 0.493 e. The van der Waals surface area contributed by atoms with Crippen LogP contribution in [0, 0.1) is 6.92 Å². The summed E-state index contributed by atoms with van der Waals surface area (Å²) >= 11 is 0. The summed E-state index contributed by atoms with van der Waals surface area (Å²) in [5.41, 5.74) is 2.67. The summed E-state index contributed by atoms with van der Waals surface area (Å²) in [6.07, 6.45) is 3.42. The second-order valence-electron chi connectivity index (χ2n) is 5.33. The Morgan fingerprint density at radius 2 is 1.71 bits per heavy atom. The quantitative estimate of drug-likeness (QED) is 0.397. The molecular formula is C20H22O4. The lowest BCUT2D eigenvalue weighted by Gasteiger charge is -2.13. The lowest BCUT2D eigenvalue weighted by Crippen LogP contribution is -2.10. The minimum absolute atomic E-state index is 0.335. The number of aryl methyl sites for hydroxylation is 1. The minimum atomic E-state index is 0.335. The van der Waals surface area contributed by atoms with Gasteiger partial charge in [0.25, 0.3) is 0 Å². The fourth-order valence-electron chi connectivity index (χ4n) is 2.32. The average Bonchev–Trinajstić information content (AvgIpc) is 2.60. The summed E-state index contributed by atoms with van der Waals surface area (Å²) < 4.78 is 16.7. The van der Waals surface area contributed by atoms with E-state index in [0.29, 0.717) is 36.0 Å². The minimum Gasteiger partial charge on any atom is -0.493 e. The molecule has 0 aliphatic heterocycles. The molecular weight excluding hydrogens is 304 g/mol. The molecule has 0 N–H and O–H groups in total. The van der Waals surface area contributed by atoms with Crippen LogP contribution in [0.4, 0.5) is 0 Å². The van der Waals surface area contributed by atoms with Gasteiger partial charge in [-0.05, 0) is 43.2 Å². The van der Waals surface area contributed by atoms with Crippen LogP contribution in [0.2, 0.25) is 0 Å². The van der Waals surface area contributed by atoms with Crippen LogP contribution in [0.3, 0.4) is 0 Å². The van der Waals surface area contributed by atoms with Crippen LogP contribution in [0.15, 0.2) is 49.1 Å². The molecule has 0 unspecified atom stereocenters. The predicted molar refractivity (Wildman–Crippen MR) is 94.5 cm³/mol. The van der Waals surface area contributed by atoms with Gasteiger partial charge in [-0.15, -0.1) is 6.58 Å². The summed E-state index contributed by atoms with van der Waals surface area (Å²) in [7, 11) is 1.61.